The summed E-state index contributed by atoms with van der Waals surface area (Å²) in [6.45, 7) is 7.72. The van der Waals surface area contributed by atoms with Crippen molar-refractivity contribution in [2.24, 2.45) is 11.8 Å². The first-order valence-corrected chi connectivity index (χ1v) is 9.00. The van der Waals surface area contributed by atoms with Crippen molar-refractivity contribution in [3.8, 4) is 0 Å². The lowest BCUT2D eigenvalue weighted by atomic mass is 9.75. The van der Waals surface area contributed by atoms with Crippen LogP contribution in [0.5, 0.6) is 0 Å². The summed E-state index contributed by atoms with van der Waals surface area (Å²) in [7, 11) is 4.07. The number of carbonyl (C=O) groups is 1. The first-order valence-electron chi connectivity index (χ1n) is 9.00. The molecule has 4 rings (SSSR count). The minimum Gasteiger partial charge on any atom is -0.354 e. The molecule has 1 aromatic rings. The predicted molar refractivity (Wildman–Crippen MR) is 92.3 cm³/mol. The molecular formula is C17H30N6O. The molecule has 4 atom stereocenters. The van der Waals surface area contributed by atoms with Crippen molar-refractivity contribution < 1.29 is 4.79 Å². The Morgan fingerprint density at radius 3 is 2.88 bits per heavy atom. The van der Waals surface area contributed by atoms with Gasteiger partial charge in [-0.05, 0) is 53.2 Å². The van der Waals surface area contributed by atoms with Crippen molar-refractivity contribution in [1.29, 1.82) is 0 Å². The Bertz CT molecular complexity index is 569. The molecule has 1 amide bonds. The predicted octanol–water partition coefficient (Wildman–Crippen LogP) is 0.575. The highest BCUT2D eigenvalue weighted by molar-refractivity contribution is 5.79. The van der Waals surface area contributed by atoms with Gasteiger partial charge in [-0.15, -0.1) is 5.10 Å². The smallest absolute Gasteiger partial charge is 0.224 e. The number of hydrogen-bond donors (Lipinski definition) is 1. The van der Waals surface area contributed by atoms with Gasteiger partial charge in [0, 0.05) is 31.4 Å². The van der Waals surface area contributed by atoms with Crippen LogP contribution in [-0.4, -0.2) is 70.0 Å². The third kappa shape index (κ3) is 3.95. The molecule has 0 aliphatic carbocycles. The van der Waals surface area contributed by atoms with Crippen LogP contribution >= 0.6 is 0 Å². The maximum absolute atomic E-state index is 12.4. The van der Waals surface area contributed by atoms with E-state index >= 15 is 0 Å². The van der Waals surface area contributed by atoms with Gasteiger partial charge in [0.1, 0.15) is 0 Å². The highest BCUT2D eigenvalue weighted by Gasteiger charge is 2.43. The second-order valence-electron chi connectivity index (χ2n) is 7.87. The molecule has 3 fully saturated rings. The molecule has 3 aliphatic heterocycles. The fourth-order valence-corrected chi connectivity index (χ4v) is 4.06. The van der Waals surface area contributed by atoms with E-state index < -0.39 is 0 Å². The van der Waals surface area contributed by atoms with E-state index in [4.69, 9.17) is 0 Å². The van der Waals surface area contributed by atoms with Gasteiger partial charge < -0.3 is 10.2 Å². The fourth-order valence-electron chi connectivity index (χ4n) is 4.06. The summed E-state index contributed by atoms with van der Waals surface area (Å²) < 4.78 is 1.97. The Hall–Kier alpha value is -1.47. The van der Waals surface area contributed by atoms with Crippen molar-refractivity contribution in [2.45, 2.75) is 51.9 Å². The van der Waals surface area contributed by atoms with Crippen LogP contribution in [0.4, 0.5) is 0 Å². The second-order valence-corrected chi connectivity index (χ2v) is 7.87. The first kappa shape index (κ1) is 17.4. The van der Waals surface area contributed by atoms with Gasteiger partial charge in [-0.2, -0.15) is 0 Å². The summed E-state index contributed by atoms with van der Waals surface area (Å²) >= 11 is 0. The largest absolute Gasteiger partial charge is 0.354 e. The van der Waals surface area contributed by atoms with Gasteiger partial charge in [0.05, 0.1) is 18.2 Å². The summed E-state index contributed by atoms with van der Waals surface area (Å²) in [5, 5.41) is 11.6. The Balaban J connectivity index is 1.58. The van der Waals surface area contributed by atoms with E-state index in [1.165, 1.54) is 0 Å². The molecule has 3 aliphatic rings. The molecule has 24 heavy (non-hydrogen) atoms. The Morgan fingerprint density at radius 1 is 1.46 bits per heavy atom. The van der Waals surface area contributed by atoms with Crippen LogP contribution in [-0.2, 0) is 17.9 Å². The molecule has 3 saturated heterocycles. The lowest BCUT2D eigenvalue weighted by molar-refractivity contribution is -0.133. The molecule has 0 aromatic carbocycles. The Labute approximate surface area is 144 Å². The maximum atomic E-state index is 12.4. The van der Waals surface area contributed by atoms with E-state index in [1.807, 2.05) is 38.8 Å². The van der Waals surface area contributed by atoms with Crippen molar-refractivity contribution in [3.05, 3.63) is 11.9 Å². The number of hydrogen-bond acceptors (Lipinski definition) is 5. The van der Waals surface area contributed by atoms with E-state index in [0.717, 1.165) is 44.7 Å². The molecule has 2 bridgehead atoms. The molecule has 0 saturated carbocycles. The molecule has 7 heteroatoms. The summed E-state index contributed by atoms with van der Waals surface area (Å²) in [5.74, 6) is 0.883. The zero-order valence-electron chi connectivity index (χ0n) is 15.3. The van der Waals surface area contributed by atoms with Crippen LogP contribution in [0, 0.1) is 11.8 Å². The van der Waals surface area contributed by atoms with Crippen molar-refractivity contribution in [2.75, 3.05) is 27.2 Å². The van der Waals surface area contributed by atoms with Crippen molar-refractivity contribution in [1.82, 2.24) is 30.1 Å². The molecule has 134 valence electrons. The zero-order chi connectivity index (χ0) is 17.3. The molecule has 1 N–H and O–H groups in total. The second kappa shape index (κ2) is 7.19. The van der Waals surface area contributed by atoms with E-state index in [2.05, 4.69) is 25.4 Å². The number of rotatable bonds is 6. The van der Waals surface area contributed by atoms with Gasteiger partial charge >= 0.3 is 0 Å². The van der Waals surface area contributed by atoms with Gasteiger partial charge in [-0.25, -0.2) is 0 Å². The summed E-state index contributed by atoms with van der Waals surface area (Å²) in [5.41, 5.74) is 1.00. The number of carbonyl (C=O) groups excluding carboxylic acids is 1. The van der Waals surface area contributed by atoms with E-state index in [9.17, 15) is 4.79 Å². The highest BCUT2D eigenvalue weighted by atomic mass is 16.2. The van der Waals surface area contributed by atoms with Crippen LogP contribution in [0.2, 0.25) is 0 Å². The van der Waals surface area contributed by atoms with Gasteiger partial charge in [0.15, 0.2) is 0 Å². The Kier molecular flexibility index (Phi) is 5.20. The van der Waals surface area contributed by atoms with E-state index in [0.29, 0.717) is 12.0 Å². The quantitative estimate of drug-likeness (QED) is 0.824. The topological polar surface area (TPSA) is 66.3 Å². The zero-order valence-corrected chi connectivity index (χ0v) is 15.3. The molecule has 1 unspecified atom stereocenters. The number of piperidine rings is 3. The number of aromatic nitrogens is 3. The number of fused-ring (bicyclic) bond motifs is 3. The molecule has 4 heterocycles. The lowest BCUT2D eigenvalue weighted by Crippen LogP contribution is -2.58. The molecular weight excluding hydrogens is 304 g/mol. The van der Waals surface area contributed by atoms with Crippen LogP contribution in [0.15, 0.2) is 6.20 Å². The summed E-state index contributed by atoms with van der Waals surface area (Å²) in [6.07, 6.45) is 4.27. The van der Waals surface area contributed by atoms with Gasteiger partial charge in [0.2, 0.25) is 5.91 Å². The lowest BCUT2D eigenvalue weighted by Gasteiger charge is -2.49. The van der Waals surface area contributed by atoms with Crippen LogP contribution in [0.3, 0.4) is 0 Å². The monoisotopic (exact) mass is 334 g/mol. The van der Waals surface area contributed by atoms with E-state index in [1.54, 1.807) is 0 Å². The molecule has 7 nitrogen and oxygen atoms in total. The third-order valence-electron chi connectivity index (χ3n) is 5.11. The number of nitrogens with zero attached hydrogens (tertiary/aromatic N) is 5. The highest BCUT2D eigenvalue weighted by Crippen LogP contribution is 2.36. The Morgan fingerprint density at radius 2 is 2.25 bits per heavy atom. The molecule has 0 spiro atoms. The van der Waals surface area contributed by atoms with Crippen LogP contribution < -0.4 is 5.32 Å². The normalized spacial score (nSPS) is 29.4. The SMILES string of the molecule is CC(C)NC(=O)[C@@H]1CN2CC[C@@H]1C[C@@H]2Cn1cc(CN(C)C)nn1. The summed E-state index contributed by atoms with van der Waals surface area (Å²) in [6, 6.07) is 0.690. The number of amides is 1. The van der Waals surface area contributed by atoms with E-state index in [-0.39, 0.29) is 17.9 Å². The minimum atomic E-state index is 0.150. The molecule has 1 aromatic heterocycles. The van der Waals surface area contributed by atoms with Crippen molar-refractivity contribution >= 4 is 5.91 Å². The first-order chi connectivity index (χ1) is 11.4. The average molecular weight is 334 g/mol. The maximum Gasteiger partial charge on any atom is 0.224 e. The third-order valence-corrected chi connectivity index (χ3v) is 5.11. The van der Waals surface area contributed by atoms with Crippen LogP contribution in [0.1, 0.15) is 32.4 Å². The van der Waals surface area contributed by atoms with Gasteiger partial charge in [-0.3, -0.25) is 14.4 Å². The number of nitrogens with one attached hydrogen (secondary N) is 1. The fraction of sp³-hybridized carbons (Fsp3) is 0.824. The summed E-state index contributed by atoms with van der Waals surface area (Å²) in [4.78, 5) is 17.0. The van der Waals surface area contributed by atoms with Gasteiger partial charge in [-0.1, -0.05) is 5.21 Å². The standard InChI is InChI=1S/C17H30N6O/c1-12(2)18-17(24)16-11-22-6-5-13(16)7-15(22)10-23-9-14(19-20-23)8-21(3)4/h9,12-13,15-16H,5-8,10-11H2,1-4H3,(H,18,24)/t13-,15-,16-/m1/s1. The van der Waals surface area contributed by atoms with Gasteiger partial charge in [0.25, 0.3) is 0 Å². The van der Waals surface area contributed by atoms with Crippen molar-refractivity contribution in [3.63, 3.8) is 0 Å². The minimum absolute atomic E-state index is 0.150. The average Bonchev–Trinajstić information content (AvgIpc) is 2.93. The molecule has 0 radical (unpaired) electrons. The van der Waals surface area contributed by atoms with Crippen LogP contribution in [0.25, 0.3) is 0 Å².